The van der Waals surface area contributed by atoms with Gasteiger partial charge in [0.1, 0.15) is 17.1 Å². The zero-order valence-corrected chi connectivity index (χ0v) is 15.2. The van der Waals surface area contributed by atoms with Crippen LogP contribution in [0.3, 0.4) is 0 Å². The van der Waals surface area contributed by atoms with Crippen molar-refractivity contribution in [3.63, 3.8) is 0 Å². The highest BCUT2D eigenvalue weighted by atomic mass is 32.2. The number of aryl methyl sites for hydroxylation is 1. The van der Waals surface area contributed by atoms with Gasteiger partial charge in [-0.2, -0.15) is 18.4 Å². The van der Waals surface area contributed by atoms with E-state index in [-0.39, 0.29) is 33.6 Å². The molecule has 0 unspecified atom stereocenters. The Morgan fingerprint density at radius 3 is 2.36 bits per heavy atom. The quantitative estimate of drug-likeness (QED) is 0.626. The van der Waals surface area contributed by atoms with Crippen molar-refractivity contribution in [1.29, 1.82) is 0 Å². The maximum Gasteiger partial charge on any atom is 0.348 e. The molecule has 0 saturated carbocycles. The van der Waals surface area contributed by atoms with Crippen molar-refractivity contribution in [2.45, 2.75) is 38.5 Å². The molecule has 25 heavy (non-hydrogen) atoms. The van der Waals surface area contributed by atoms with Crippen LogP contribution in [-0.2, 0) is 10.0 Å². The van der Waals surface area contributed by atoms with Gasteiger partial charge in [-0.1, -0.05) is 26.0 Å². The maximum absolute atomic E-state index is 12.3. The van der Waals surface area contributed by atoms with Gasteiger partial charge in [0.25, 0.3) is 10.0 Å². The fourth-order valence-corrected chi connectivity index (χ4v) is 3.05. The van der Waals surface area contributed by atoms with Crippen LogP contribution in [0.25, 0.3) is 0 Å². The molecule has 0 saturated heterocycles. The minimum absolute atomic E-state index is 0.00590. The predicted molar refractivity (Wildman–Crippen MR) is 94.4 cm³/mol. The standard InChI is InChI=1S/C17H20N2O5S/c1-10(2)13-5-7-14(8-6-13)25(22,23)19-18-12(4)16-15(20)9-11(3)24-17(16)21/h5-10,19-20H,1-4H3/b18-12+. The molecule has 0 amide bonds. The molecule has 0 atom stereocenters. The second-order valence-corrected chi connectivity index (χ2v) is 7.58. The molecule has 0 bridgehead atoms. The summed E-state index contributed by atoms with van der Waals surface area (Å²) in [6.45, 7) is 6.93. The predicted octanol–water partition coefficient (Wildman–Crippen LogP) is 2.48. The molecule has 1 aromatic heterocycles. The molecule has 0 aliphatic carbocycles. The number of nitrogens with one attached hydrogen (secondary N) is 1. The van der Waals surface area contributed by atoms with E-state index in [1.54, 1.807) is 12.1 Å². The molecule has 8 heteroatoms. The van der Waals surface area contributed by atoms with E-state index in [9.17, 15) is 18.3 Å². The van der Waals surface area contributed by atoms with Gasteiger partial charge in [-0.05, 0) is 37.5 Å². The Hall–Kier alpha value is -2.61. The third-order valence-corrected chi connectivity index (χ3v) is 4.83. The Morgan fingerprint density at radius 1 is 1.24 bits per heavy atom. The van der Waals surface area contributed by atoms with E-state index in [1.165, 1.54) is 32.0 Å². The first-order valence-electron chi connectivity index (χ1n) is 7.62. The molecule has 0 aliphatic rings. The van der Waals surface area contributed by atoms with E-state index >= 15 is 0 Å². The van der Waals surface area contributed by atoms with E-state index in [0.717, 1.165) is 5.56 Å². The summed E-state index contributed by atoms with van der Waals surface area (Å²) in [5.74, 6) is 0.203. The lowest BCUT2D eigenvalue weighted by Gasteiger charge is -2.08. The summed E-state index contributed by atoms with van der Waals surface area (Å²) in [7, 11) is -3.89. The molecule has 2 N–H and O–H groups in total. The lowest BCUT2D eigenvalue weighted by molar-refractivity contribution is 0.432. The van der Waals surface area contributed by atoms with Gasteiger partial charge in [0.15, 0.2) is 0 Å². The van der Waals surface area contributed by atoms with Crippen molar-refractivity contribution in [1.82, 2.24) is 4.83 Å². The van der Waals surface area contributed by atoms with Gasteiger partial charge in [-0.25, -0.2) is 4.79 Å². The first-order chi connectivity index (χ1) is 11.6. The van der Waals surface area contributed by atoms with Crippen LogP contribution in [0.15, 0.2) is 49.5 Å². The van der Waals surface area contributed by atoms with Gasteiger partial charge in [-0.15, -0.1) is 0 Å². The van der Waals surface area contributed by atoms with Crippen molar-refractivity contribution in [3.05, 3.63) is 57.6 Å². The van der Waals surface area contributed by atoms with Gasteiger partial charge in [-0.3, -0.25) is 0 Å². The fraction of sp³-hybridized carbons (Fsp3) is 0.294. The highest BCUT2D eigenvalue weighted by Crippen LogP contribution is 2.18. The zero-order chi connectivity index (χ0) is 18.8. The molecule has 1 heterocycles. The van der Waals surface area contributed by atoms with Crippen LogP contribution in [0.5, 0.6) is 5.75 Å². The van der Waals surface area contributed by atoms with Crippen molar-refractivity contribution in [2.75, 3.05) is 0 Å². The van der Waals surface area contributed by atoms with Crippen molar-refractivity contribution >= 4 is 15.7 Å². The highest BCUT2D eigenvalue weighted by molar-refractivity contribution is 7.89. The van der Waals surface area contributed by atoms with Gasteiger partial charge in [0.05, 0.1) is 10.6 Å². The summed E-state index contributed by atoms with van der Waals surface area (Å²) < 4.78 is 29.5. The summed E-state index contributed by atoms with van der Waals surface area (Å²) in [4.78, 5) is 13.9. The molecule has 0 aliphatic heterocycles. The number of aromatic hydroxyl groups is 1. The molecule has 0 fully saturated rings. The van der Waals surface area contributed by atoms with Gasteiger partial charge in [0.2, 0.25) is 0 Å². The number of rotatable bonds is 5. The lowest BCUT2D eigenvalue weighted by Crippen LogP contribution is -2.22. The zero-order valence-electron chi connectivity index (χ0n) is 14.4. The first-order valence-corrected chi connectivity index (χ1v) is 9.10. The Bertz CT molecular complexity index is 958. The van der Waals surface area contributed by atoms with Crippen LogP contribution < -0.4 is 10.5 Å². The van der Waals surface area contributed by atoms with Crippen molar-refractivity contribution < 1.29 is 17.9 Å². The number of hydrazone groups is 1. The summed E-state index contributed by atoms with van der Waals surface area (Å²) in [5, 5.41) is 13.6. The third-order valence-electron chi connectivity index (χ3n) is 3.61. The summed E-state index contributed by atoms with van der Waals surface area (Å²) >= 11 is 0. The second kappa shape index (κ2) is 7.10. The number of benzene rings is 1. The molecule has 2 rings (SSSR count). The fourth-order valence-electron chi connectivity index (χ4n) is 2.20. The average molecular weight is 364 g/mol. The molecular formula is C17H20N2O5S. The van der Waals surface area contributed by atoms with Crippen LogP contribution in [0.2, 0.25) is 0 Å². The number of sulfonamides is 1. The van der Waals surface area contributed by atoms with Crippen LogP contribution in [0.4, 0.5) is 0 Å². The van der Waals surface area contributed by atoms with E-state index in [0.29, 0.717) is 0 Å². The van der Waals surface area contributed by atoms with Crippen molar-refractivity contribution in [3.8, 4) is 5.75 Å². The lowest BCUT2D eigenvalue weighted by atomic mass is 10.0. The van der Waals surface area contributed by atoms with Crippen molar-refractivity contribution in [2.24, 2.45) is 5.10 Å². The molecule has 134 valence electrons. The van der Waals surface area contributed by atoms with Gasteiger partial charge < -0.3 is 9.52 Å². The third kappa shape index (κ3) is 4.27. The van der Waals surface area contributed by atoms with E-state index in [1.807, 2.05) is 13.8 Å². The Labute approximate surface area is 146 Å². The minimum atomic E-state index is -3.89. The maximum atomic E-state index is 12.3. The van der Waals surface area contributed by atoms with Gasteiger partial charge >= 0.3 is 5.63 Å². The monoisotopic (exact) mass is 364 g/mol. The average Bonchev–Trinajstić information content (AvgIpc) is 2.52. The first kappa shape index (κ1) is 18.7. The normalized spacial score (nSPS) is 12.4. The van der Waals surface area contributed by atoms with Crippen LogP contribution in [0, 0.1) is 6.92 Å². The number of nitrogens with zero attached hydrogens (tertiary/aromatic N) is 1. The molecule has 0 spiro atoms. The Kier molecular flexibility index (Phi) is 5.32. The van der Waals surface area contributed by atoms with Crippen LogP contribution >= 0.6 is 0 Å². The number of hydrogen-bond donors (Lipinski definition) is 2. The highest BCUT2D eigenvalue weighted by Gasteiger charge is 2.16. The molecule has 7 nitrogen and oxygen atoms in total. The summed E-state index contributed by atoms with van der Waals surface area (Å²) in [6.07, 6.45) is 0. The van der Waals surface area contributed by atoms with E-state index in [4.69, 9.17) is 4.42 Å². The summed E-state index contributed by atoms with van der Waals surface area (Å²) in [6, 6.07) is 7.70. The SMILES string of the molecule is C/C(=N\NS(=O)(=O)c1ccc(C(C)C)cc1)c1c(O)cc(C)oc1=O. The number of hydrogen-bond acceptors (Lipinski definition) is 6. The summed E-state index contributed by atoms with van der Waals surface area (Å²) in [5.41, 5.74) is 0.0251. The Balaban J connectivity index is 2.29. The molecular weight excluding hydrogens is 344 g/mol. The Morgan fingerprint density at radius 2 is 1.84 bits per heavy atom. The second-order valence-electron chi connectivity index (χ2n) is 5.92. The molecule has 0 radical (unpaired) electrons. The minimum Gasteiger partial charge on any atom is -0.507 e. The van der Waals surface area contributed by atoms with Crippen LogP contribution in [0.1, 0.15) is 43.6 Å². The molecule has 1 aromatic carbocycles. The molecule has 2 aromatic rings. The van der Waals surface area contributed by atoms with Crippen LogP contribution in [-0.4, -0.2) is 19.2 Å². The van der Waals surface area contributed by atoms with E-state index < -0.39 is 15.6 Å². The topological polar surface area (TPSA) is 109 Å². The van der Waals surface area contributed by atoms with Gasteiger partial charge in [0, 0.05) is 6.07 Å². The largest absolute Gasteiger partial charge is 0.507 e. The smallest absolute Gasteiger partial charge is 0.348 e. The van der Waals surface area contributed by atoms with E-state index in [2.05, 4.69) is 9.93 Å².